The lowest BCUT2D eigenvalue weighted by Gasteiger charge is -2.54. The van der Waals surface area contributed by atoms with Gasteiger partial charge in [-0.1, -0.05) is 19.6 Å². The second-order valence-electron chi connectivity index (χ2n) is 14.1. The van der Waals surface area contributed by atoms with Gasteiger partial charge in [0.25, 0.3) is 0 Å². The Morgan fingerprint density at radius 2 is 1.94 bits per heavy atom. The van der Waals surface area contributed by atoms with E-state index in [4.69, 9.17) is 9.84 Å². The zero-order valence-electron chi connectivity index (χ0n) is 28.3. The van der Waals surface area contributed by atoms with Crippen LogP contribution in [0.25, 0.3) is 22.3 Å². The van der Waals surface area contributed by atoms with Gasteiger partial charge in [-0.3, -0.25) is 14.6 Å². The van der Waals surface area contributed by atoms with Crippen molar-refractivity contribution < 1.29 is 22.7 Å². The normalized spacial score (nSPS) is 17.6. The fraction of sp³-hybridized carbons (Fsp3) is 0.515. The minimum Gasteiger partial charge on any atom is -0.361 e. The van der Waals surface area contributed by atoms with Crippen LogP contribution in [0.2, 0.25) is 25.7 Å². The third-order valence-corrected chi connectivity index (χ3v) is 11.1. The summed E-state index contributed by atoms with van der Waals surface area (Å²) in [7, 11) is 0.590. The Morgan fingerprint density at radius 3 is 2.65 bits per heavy atom. The zero-order valence-corrected chi connectivity index (χ0v) is 29.3. The fourth-order valence-corrected chi connectivity index (χ4v) is 7.29. The Labute approximate surface area is 284 Å². The summed E-state index contributed by atoms with van der Waals surface area (Å²) in [6.45, 7) is 10.6. The van der Waals surface area contributed by atoms with Crippen molar-refractivity contribution in [3.63, 3.8) is 0 Å². The van der Waals surface area contributed by atoms with E-state index in [2.05, 4.69) is 49.8 Å². The second kappa shape index (κ2) is 14.0. The van der Waals surface area contributed by atoms with Gasteiger partial charge < -0.3 is 24.5 Å². The molecule has 6 rings (SSSR count). The lowest BCUT2D eigenvalue weighted by atomic mass is 9.83. The van der Waals surface area contributed by atoms with Gasteiger partial charge in [0.1, 0.15) is 18.7 Å². The maximum Gasteiger partial charge on any atom is 0.419 e. The first-order valence-electron chi connectivity index (χ1n) is 16.5. The van der Waals surface area contributed by atoms with Gasteiger partial charge in [-0.15, -0.1) is 0 Å². The maximum atomic E-state index is 13.4. The van der Waals surface area contributed by atoms with Crippen molar-refractivity contribution in [3.8, 4) is 11.3 Å². The first kappa shape index (κ1) is 34.7. The van der Waals surface area contributed by atoms with Crippen LogP contribution in [0.4, 0.5) is 23.7 Å². The van der Waals surface area contributed by atoms with Gasteiger partial charge in [0.05, 0.1) is 28.7 Å². The molecule has 0 atom stereocenters. The molecule has 0 unspecified atom stereocenters. The molecule has 12 nitrogen and oxygen atoms in total. The fourth-order valence-electron chi connectivity index (χ4n) is 6.54. The summed E-state index contributed by atoms with van der Waals surface area (Å²) in [6.07, 6.45) is 8.87. The van der Waals surface area contributed by atoms with Crippen LogP contribution in [-0.4, -0.2) is 105 Å². The van der Waals surface area contributed by atoms with E-state index in [0.717, 1.165) is 67.1 Å². The topological polar surface area (TPSA) is 119 Å². The Morgan fingerprint density at radius 1 is 1.16 bits per heavy atom. The average Bonchev–Trinajstić information content (AvgIpc) is 3.70. The number of carbonyl (C=O) groups is 1. The third-order valence-electron chi connectivity index (χ3n) is 9.41. The highest BCUT2D eigenvalue weighted by Gasteiger charge is 2.48. The quantitative estimate of drug-likeness (QED) is 0.119. The predicted octanol–water partition coefficient (Wildman–Crippen LogP) is 5.82. The number of nitrogens with zero attached hydrogens (tertiary/aromatic N) is 9. The summed E-state index contributed by atoms with van der Waals surface area (Å²) in [5.74, 6) is 0. The molecule has 6 heterocycles. The summed E-state index contributed by atoms with van der Waals surface area (Å²) < 4.78 is 50.2. The Bertz CT molecular complexity index is 1790. The van der Waals surface area contributed by atoms with Gasteiger partial charge in [-0.2, -0.15) is 18.3 Å². The van der Waals surface area contributed by atoms with Gasteiger partial charge in [0.15, 0.2) is 0 Å². The number of amides is 2. The number of carbonyl (C=O) groups excluding carboxylic acids is 1. The number of aliphatic imine (C=N–C) groups is 1. The van der Waals surface area contributed by atoms with Crippen LogP contribution in [0.3, 0.4) is 0 Å². The summed E-state index contributed by atoms with van der Waals surface area (Å²) in [5.41, 5.74) is 0.984. The highest BCUT2D eigenvalue weighted by atomic mass is 28.3. The molecule has 4 aromatic heterocycles. The van der Waals surface area contributed by atoms with Crippen LogP contribution in [-0.2, 0) is 23.2 Å². The number of fused-ring (bicyclic) bond motifs is 1. The van der Waals surface area contributed by atoms with E-state index in [-0.39, 0.29) is 17.3 Å². The molecule has 1 N–H and O–H groups in total. The van der Waals surface area contributed by atoms with E-state index in [1.165, 1.54) is 12.3 Å². The van der Waals surface area contributed by atoms with Crippen molar-refractivity contribution in [1.82, 2.24) is 39.1 Å². The molecule has 4 aromatic rings. The Balaban J connectivity index is 1.09. The molecule has 0 saturated carbocycles. The molecule has 0 spiro atoms. The van der Waals surface area contributed by atoms with Crippen molar-refractivity contribution in [3.05, 3.63) is 55.0 Å². The van der Waals surface area contributed by atoms with Gasteiger partial charge in [0.2, 0.25) is 0 Å². The van der Waals surface area contributed by atoms with Gasteiger partial charge >= 0.3 is 12.2 Å². The predicted molar refractivity (Wildman–Crippen MR) is 184 cm³/mol. The van der Waals surface area contributed by atoms with E-state index < -0.39 is 25.8 Å². The van der Waals surface area contributed by atoms with Crippen molar-refractivity contribution in [2.24, 2.45) is 4.99 Å². The van der Waals surface area contributed by atoms with E-state index in [0.29, 0.717) is 26.2 Å². The molecule has 2 fully saturated rings. The number of hydrogen-bond donors (Lipinski definition) is 1. The zero-order chi connectivity index (χ0) is 34.8. The Kier molecular flexibility index (Phi) is 9.91. The largest absolute Gasteiger partial charge is 0.419 e. The van der Waals surface area contributed by atoms with Crippen LogP contribution < -0.4 is 5.32 Å². The number of piperidine rings is 1. The molecule has 262 valence electrons. The van der Waals surface area contributed by atoms with Crippen molar-refractivity contribution in [2.75, 3.05) is 45.2 Å². The highest BCUT2D eigenvalue weighted by Crippen LogP contribution is 2.38. The number of nitrogens with one attached hydrogen (secondary N) is 1. The first-order chi connectivity index (χ1) is 23.4. The van der Waals surface area contributed by atoms with Crippen molar-refractivity contribution in [1.29, 1.82) is 0 Å². The van der Waals surface area contributed by atoms with Crippen molar-refractivity contribution >= 4 is 37.0 Å². The van der Waals surface area contributed by atoms with E-state index >= 15 is 0 Å². The number of anilines is 1. The first-order valence-corrected chi connectivity index (χ1v) is 20.2. The molecular formula is C33H43F3N10O2Si. The smallest absolute Gasteiger partial charge is 0.361 e. The van der Waals surface area contributed by atoms with Gasteiger partial charge in [-0.25, -0.2) is 14.8 Å². The van der Waals surface area contributed by atoms with E-state index in [1.807, 2.05) is 40.1 Å². The van der Waals surface area contributed by atoms with E-state index in [1.54, 1.807) is 18.3 Å². The minimum absolute atomic E-state index is 0.242. The number of alkyl halides is 3. The lowest BCUT2D eigenvalue weighted by molar-refractivity contribution is -0.137. The molecule has 2 amide bonds. The van der Waals surface area contributed by atoms with Crippen LogP contribution in [0.15, 0.2) is 54.4 Å². The molecule has 0 aliphatic carbocycles. The number of halogens is 3. The summed E-state index contributed by atoms with van der Waals surface area (Å²) in [4.78, 5) is 33.8. The number of aromatic nitrogens is 6. The van der Waals surface area contributed by atoms with Gasteiger partial charge in [0, 0.05) is 102 Å². The molecule has 0 bridgehead atoms. The number of ether oxygens (including phenoxy) is 1. The SMILES string of the molecule is C/N=C/CC1(n2cc(-c3ncnc4c3ccn4COCC[Si](C)(C)C)cn2)CN(C2CCN(C(=O)Nc3ccncc3C(F)(F)F)CC2)C1. The number of rotatable bonds is 11. The number of likely N-dealkylation sites (tertiary alicyclic amines) is 2. The number of urea groups is 1. The molecule has 49 heavy (non-hydrogen) atoms. The number of pyridine rings is 1. The highest BCUT2D eigenvalue weighted by molar-refractivity contribution is 6.76. The second-order valence-corrected chi connectivity index (χ2v) is 19.7. The minimum atomic E-state index is -4.61. The lowest BCUT2D eigenvalue weighted by Crippen LogP contribution is -2.66. The molecule has 2 aliphatic heterocycles. The molecule has 2 aliphatic rings. The third kappa shape index (κ3) is 7.70. The van der Waals surface area contributed by atoms with Crippen LogP contribution in [0, 0.1) is 0 Å². The maximum absolute atomic E-state index is 13.4. The van der Waals surface area contributed by atoms with Crippen molar-refractivity contribution in [2.45, 2.75) is 69.4 Å². The van der Waals surface area contributed by atoms with Crippen LogP contribution >= 0.6 is 0 Å². The molecule has 2 saturated heterocycles. The van der Waals surface area contributed by atoms with Gasteiger partial charge in [-0.05, 0) is 31.0 Å². The molecule has 0 radical (unpaired) electrons. The van der Waals surface area contributed by atoms with Crippen LogP contribution in [0.5, 0.6) is 0 Å². The molecule has 0 aromatic carbocycles. The summed E-state index contributed by atoms with van der Waals surface area (Å²) in [5, 5.41) is 8.18. The number of hydrogen-bond acceptors (Lipinski definition) is 8. The monoisotopic (exact) mass is 696 g/mol. The van der Waals surface area contributed by atoms with Crippen LogP contribution in [0.1, 0.15) is 24.8 Å². The average molecular weight is 697 g/mol. The molecule has 16 heteroatoms. The summed E-state index contributed by atoms with van der Waals surface area (Å²) in [6, 6.07) is 3.99. The molecular weight excluding hydrogens is 654 g/mol. The van der Waals surface area contributed by atoms with E-state index in [9.17, 15) is 18.0 Å². The Hall–Kier alpha value is -4.15. The summed E-state index contributed by atoms with van der Waals surface area (Å²) >= 11 is 0. The standard InChI is InChI=1S/C33H43F3N10O2Si/c1-37-11-9-32(20-45(21-32)25-6-12-43(13-7-25)31(47)42-28-5-10-38-18-27(28)33(34,35)36)46-19-24(17-41-46)29-26-8-14-44(30(26)40-22-39-29)23-48-15-16-49(2,3)4/h5,8,10-11,14,17-19,22,25H,6-7,9,12-13,15-16,20-21,23H2,1-4H3,(H,38,42,47)/b37-11+.